The molecule has 0 aliphatic carbocycles. The molecular weight excluding hydrogens is 578 g/mol. The zero-order chi connectivity index (χ0) is 29.9. The Morgan fingerprint density at radius 2 is 1.67 bits per heavy atom. The minimum absolute atomic E-state index is 0.0477. The van der Waals surface area contributed by atoms with E-state index in [1.807, 2.05) is 18.2 Å². The van der Waals surface area contributed by atoms with Crippen LogP contribution in [0.1, 0.15) is 43.6 Å². The number of amides is 3. The average Bonchev–Trinajstić information content (AvgIpc) is 3.35. The fourth-order valence-corrected chi connectivity index (χ4v) is 7.92. The van der Waals surface area contributed by atoms with Gasteiger partial charge in [-0.15, -0.1) is 11.3 Å². The number of primary amides is 1. The summed E-state index contributed by atoms with van der Waals surface area (Å²) in [6.45, 7) is 4.91. The fourth-order valence-electron chi connectivity index (χ4n) is 5.21. The van der Waals surface area contributed by atoms with Crippen LogP contribution in [0.25, 0.3) is 0 Å². The molecule has 3 aromatic rings. The predicted molar refractivity (Wildman–Crippen MR) is 159 cm³/mol. The molecule has 0 unspecified atom stereocenters. The van der Waals surface area contributed by atoms with Gasteiger partial charge in [0.05, 0.1) is 17.1 Å². The molecule has 3 amide bonds. The second-order valence-corrected chi connectivity index (χ2v) is 13.1. The molecule has 0 bridgehead atoms. The maximum absolute atomic E-state index is 13.2. The highest BCUT2D eigenvalue weighted by molar-refractivity contribution is 7.89. The van der Waals surface area contributed by atoms with Gasteiger partial charge in [0.1, 0.15) is 5.00 Å². The van der Waals surface area contributed by atoms with E-state index in [-0.39, 0.29) is 43.2 Å². The van der Waals surface area contributed by atoms with Crippen LogP contribution in [0.15, 0.2) is 59.5 Å². The number of nitrogens with two attached hydrogens (primary N) is 1. The van der Waals surface area contributed by atoms with Crippen molar-refractivity contribution in [3.8, 4) is 0 Å². The quantitative estimate of drug-likeness (QED) is 0.399. The van der Waals surface area contributed by atoms with E-state index >= 15 is 0 Å². The third-order valence-electron chi connectivity index (χ3n) is 7.38. The summed E-state index contributed by atoms with van der Waals surface area (Å²) >= 11 is 1.35. The molecule has 2 aromatic carbocycles. The lowest BCUT2D eigenvalue weighted by molar-refractivity contribution is 0.0933. The monoisotopic (exact) mass is 611 g/mol. The molecule has 3 N–H and O–H groups in total. The van der Waals surface area contributed by atoms with E-state index in [1.165, 1.54) is 50.4 Å². The van der Waals surface area contributed by atoms with Crippen LogP contribution in [0.2, 0.25) is 0 Å². The molecule has 1 saturated heterocycles. The Balaban J connectivity index is 1.25. The van der Waals surface area contributed by atoms with Gasteiger partial charge in [0, 0.05) is 56.3 Å². The van der Waals surface area contributed by atoms with E-state index in [0.717, 1.165) is 23.5 Å². The summed E-state index contributed by atoms with van der Waals surface area (Å²) in [7, 11) is -3.81. The molecule has 222 valence electrons. The smallest absolute Gasteiger partial charge is 0.409 e. The molecule has 1 aromatic heterocycles. The second-order valence-electron chi connectivity index (χ2n) is 10.1. The fraction of sp³-hybridized carbons (Fsp3) is 0.345. The van der Waals surface area contributed by atoms with Crippen LogP contribution in [-0.2, 0) is 34.3 Å². The highest BCUT2D eigenvalue weighted by Gasteiger charge is 2.31. The van der Waals surface area contributed by atoms with Crippen LogP contribution >= 0.6 is 11.3 Å². The molecule has 0 saturated carbocycles. The Kier molecular flexibility index (Phi) is 8.92. The minimum Gasteiger partial charge on any atom is -0.450 e. The first-order chi connectivity index (χ1) is 20.2. The van der Waals surface area contributed by atoms with Crippen molar-refractivity contribution in [1.82, 2.24) is 14.1 Å². The Hall–Kier alpha value is -3.78. The molecule has 0 spiro atoms. The first-order valence-electron chi connectivity index (χ1n) is 13.7. The number of thiophene rings is 1. The van der Waals surface area contributed by atoms with Gasteiger partial charge in [-0.05, 0) is 48.7 Å². The van der Waals surface area contributed by atoms with Crippen molar-refractivity contribution in [3.05, 3.63) is 81.7 Å². The maximum Gasteiger partial charge on any atom is 0.409 e. The van der Waals surface area contributed by atoms with E-state index in [9.17, 15) is 22.8 Å². The lowest BCUT2D eigenvalue weighted by atomic mass is 10.0. The van der Waals surface area contributed by atoms with E-state index in [1.54, 1.807) is 6.92 Å². The summed E-state index contributed by atoms with van der Waals surface area (Å²) in [6, 6.07) is 15.8. The summed E-state index contributed by atoms with van der Waals surface area (Å²) in [5.74, 6) is -1.06. The highest BCUT2D eigenvalue weighted by Crippen LogP contribution is 2.37. The Labute approximate surface area is 248 Å². The molecule has 13 heteroatoms. The number of fused-ring (bicyclic) bond motifs is 1. The van der Waals surface area contributed by atoms with Gasteiger partial charge in [-0.3, -0.25) is 14.5 Å². The van der Waals surface area contributed by atoms with Gasteiger partial charge in [-0.25, -0.2) is 13.2 Å². The third kappa shape index (κ3) is 6.33. The van der Waals surface area contributed by atoms with Crippen molar-refractivity contribution in [1.29, 1.82) is 0 Å². The van der Waals surface area contributed by atoms with Gasteiger partial charge in [-0.2, -0.15) is 4.31 Å². The molecular formula is C29H33N5O6S2. The molecule has 2 aliphatic heterocycles. The van der Waals surface area contributed by atoms with Gasteiger partial charge in [-0.1, -0.05) is 30.3 Å². The molecule has 0 atom stereocenters. The maximum atomic E-state index is 13.2. The third-order valence-corrected chi connectivity index (χ3v) is 10.4. The van der Waals surface area contributed by atoms with Crippen LogP contribution in [0, 0.1) is 0 Å². The first kappa shape index (κ1) is 29.7. The lowest BCUT2D eigenvalue weighted by Crippen LogP contribution is -2.50. The average molecular weight is 612 g/mol. The van der Waals surface area contributed by atoms with Gasteiger partial charge in [0.15, 0.2) is 0 Å². The van der Waals surface area contributed by atoms with Crippen LogP contribution < -0.4 is 11.1 Å². The van der Waals surface area contributed by atoms with E-state index in [2.05, 4.69) is 22.3 Å². The van der Waals surface area contributed by atoms with Crippen molar-refractivity contribution in [2.45, 2.75) is 31.3 Å². The van der Waals surface area contributed by atoms with E-state index in [0.29, 0.717) is 23.5 Å². The number of ether oxygens (including phenoxy) is 1. The number of rotatable bonds is 8. The van der Waals surface area contributed by atoms with Gasteiger partial charge in [0.25, 0.3) is 11.8 Å². The normalized spacial score (nSPS) is 16.1. The molecule has 42 heavy (non-hydrogen) atoms. The number of nitrogens with zero attached hydrogens (tertiary/aromatic N) is 3. The van der Waals surface area contributed by atoms with Crippen molar-refractivity contribution in [3.63, 3.8) is 0 Å². The number of anilines is 1. The molecule has 0 radical (unpaired) electrons. The summed E-state index contributed by atoms with van der Waals surface area (Å²) in [5.41, 5.74) is 8.39. The van der Waals surface area contributed by atoms with Crippen molar-refractivity contribution < 1.29 is 27.5 Å². The Bertz CT molecular complexity index is 1570. The SMILES string of the molecule is CCOC(=O)N1CCN(S(=O)(=O)c2ccc(C(=O)Nc3sc4c(c3C(N)=O)CCN(Cc3ccccc3)C4)cc2)CC1. The standard InChI is InChI=1S/C29H33N5O6S2/c1-2-40-29(37)33-14-16-34(17-15-33)42(38,39)22-10-8-21(9-11-22)27(36)31-28-25(26(30)35)23-12-13-32(19-24(23)41-28)18-20-6-4-3-5-7-20/h3-11H,2,12-19H2,1H3,(H2,30,35)(H,31,36). The molecule has 5 rings (SSSR count). The number of nitrogens with one attached hydrogen (secondary N) is 1. The van der Waals surface area contributed by atoms with Crippen LogP contribution in [0.3, 0.4) is 0 Å². The largest absolute Gasteiger partial charge is 0.450 e. The van der Waals surface area contributed by atoms with Gasteiger partial charge in [0.2, 0.25) is 10.0 Å². The van der Waals surface area contributed by atoms with E-state index < -0.39 is 27.9 Å². The lowest BCUT2D eigenvalue weighted by Gasteiger charge is -2.33. The first-order valence-corrected chi connectivity index (χ1v) is 16.0. The van der Waals surface area contributed by atoms with Crippen LogP contribution in [0.5, 0.6) is 0 Å². The van der Waals surface area contributed by atoms with Gasteiger partial charge < -0.3 is 20.7 Å². The number of carbonyl (C=O) groups is 3. The molecule has 3 heterocycles. The zero-order valence-electron chi connectivity index (χ0n) is 23.2. The topological polar surface area (TPSA) is 142 Å². The summed E-state index contributed by atoms with van der Waals surface area (Å²) < 4.78 is 32.6. The number of sulfonamides is 1. The number of hydrogen-bond acceptors (Lipinski definition) is 8. The second kappa shape index (κ2) is 12.6. The summed E-state index contributed by atoms with van der Waals surface area (Å²) in [4.78, 5) is 42.3. The highest BCUT2D eigenvalue weighted by atomic mass is 32.2. The van der Waals surface area contributed by atoms with Crippen LogP contribution in [0.4, 0.5) is 9.80 Å². The minimum atomic E-state index is -3.81. The number of piperazine rings is 1. The molecule has 11 nitrogen and oxygen atoms in total. The number of carbonyl (C=O) groups excluding carboxylic acids is 3. The molecule has 2 aliphatic rings. The number of hydrogen-bond donors (Lipinski definition) is 2. The zero-order valence-corrected chi connectivity index (χ0v) is 24.9. The van der Waals surface area contributed by atoms with Crippen molar-refractivity contribution in [2.75, 3.05) is 44.6 Å². The molecule has 1 fully saturated rings. The predicted octanol–water partition coefficient (Wildman–Crippen LogP) is 3.12. The van der Waals surface area contributed by atoms with E-state index in [4.69, 9.17) is 10.5 Å². The Morgan fingerprint density at radius 1 is 0.976 bits per heavy atom. The summed E-state index contributed by atoms with van der Waals surface area (Å²) in [6.07, 6.45) is 0.188. The van der Waals surface area contributed by atoms with Gasteiger partial charge >= 0.3 is 6.09 Å². The van der Waals surface area contributed by atoms with Crippen molar-refractivity contribution in [2.24, 2.45) is 5.73 Å². The van der Waals surface area contributed by atoms with Crippen LogP contribution in [-0.4, -0.2) is 79.8 Å². The Morgan fingerprint density at radius 3 is 2.31 bits per heavy atom. The summed E-state index contributed by atoms with van der Waals surface area (Å²) in [5, 5.41) is 3.23. The number of benzene rings is 2. The van der Waals surface area contributed by atoms with Crippen molar-refractivity contribution >= 4 is 44.3 Å².